The number of carbonyl (C=O) groups is 1. The first-order valence-corrected chi connectivity index (χ1v) is 9.53. The van der Waals surface area contributed by atoms with Gasteiger partial charge in [-0.25, -0.2) is 13.2 Å². The van der Waals surface area contributed by atoms with Crippen LogP contribution in [-0.2, 0) is 14.8 Å². The maximum atomic E-state index is 13.0. The number of nitrogens with zero attached hydrogens (tertiary/aromatic N) is 1. The van der Waals surface area contributed by atoms with Crippen LogP contribution in [0.2, 0.25) is 0 Å². The van der Waals surface area contributed by atoms with Gasteiger partial charge in [0.1, 0.15) is 0 Å². The van der Waals surface area contributed by atoms with Gasteiger partial charge in [0.15, 0.2) is 0 Å². The number of hydrogen-bond donors (Lipinski definition) is 0. The van der Waals surface area contributed by atoms with Crippen LogP contribution in [0.3, 0.4) is 0 Å². The van der Waals surface area contributed by atoms with E-state index in [0.29, 0.717) is 12.2 Å². The van der Waals surface area contributed by atoms with Crippen molar-refractivity contribution in [1.29, 1.82) is 0 Å². The number of ether oxygens (including phenoxy) is 1. The van der Waals surface area contributed by atoms with E-state index in [1.807, 2.05) is 20.8 Å². The molecule has 1 aliphatic rings. The zero-order valence-corrected chi connectivity index (χ0v) is 15.0. The minimum absolute atomic E-state index is 0.0581. The SMILES string of the molecule is CCOC(=O)c1ccc(S(=O)(=O)N(C2CC2)[C@H](C)C(C)C)cc1. The molecule has 23 heavy (non-hydrogen) atoms. The first-order valence-electron chi connectivity index (χ1n) is 8.09. The fourth-order valence-corrected chi connectivity index (χ4v) is 4.48. The van der Waals surface area contributed by atoms with Crippen LogP contribution in [0.5, 0.6) is 0 Å². The van der Waals surface area contributed by atoms with E-state index in [9.17, 15) is 13.2 Å². The van der Waals surface area contributed by atoms with Crippen molar-refractivity contribution in [3.63, 3.8) is 0 Å². The number of carbonyl (C=O) groups excluding carboxylic acids is 1. The maximum Gasteiger partial charge on any atom is 0.338 e. The molecule has 2 rings (SSSR count). The van der Waals surface area contributed by atoms with Gasteiger partial charge in [-0.1, -0.05) is 13.8 Å². The van der Waals surface area contributed by atoms with E-state index >= 15 is 0 Å². The largest absolute Gasteiger partial charge is 0.462 e. The van der Waals surface area contributed by atoms with Gasteiger partial charge in [0.2, 0.25) is 10.0 Å². The van der Waals surface area contributed by atoms with Gasteiger partial charge in [-0.2, -0.15) is 4.31 Å². The van der Waals surface area contributed by atoms with Crippen molar-refractivity contribution < 1.29 is 17.9 Å². The number of hydrogen-bond acceptors (Lipinski definition) is 4. The Bertz CT molecular complexity index is 648. The second-order valence-electron chi connectivity index (χ2n) is 6.30. The van der Waals surface area contributed by atoms with Crippen molar-refractivity contribution in [2.45, 2.75) is 57.5 Å². The molecule has 0 N–H and O–H groups in total. The Morgan fingerprint density at radius 2 is 1.78 bits per heavy atom. The molecule has 0 heterocycles. The van der Waals surface area contributed by atoms with Crippen molar-refractivity contribution in [3.8, 4) is 0 Å². The molecule has 1 aromatic rings. The first-order chi connectivity index (χ1) is 10.8. The summed E-state index contributed by atoms with van der Waals surface area (Å²) in [5.74, 6) is -0.199. The van der Waals surface area contributed by atoms with E-state index < -0.39 is 16.0 Å². The molecule has 1 aliphatic carbocycles. The zero-order chi connectivity index (χ0) is 17.2. The minimum Gasteiger partial charge on any atom is -0.462 e. The highest BCUT2D eigenvalue weighted by Crippen LogP contribution is 2.35. The van der Waals surface area contributed by atoms with Gasteiger partial charge < -0.3 is 4.74 Å². The smallest absolute Gasteiger partial charge is 0.338 e. The molecule has 0 aromatic heterocycles. The fraction of sp³-hybridized carbons (Fsp3) is 0.588. The Kier molecular flexibility index (Phi) is 5.47. The van der Waals surface area contributed by atoms with Crippen LogP contribution < -0.4 is 0 Å². The Morgan fingerprint density at radius 1 is 1.22 bits per heavy atom. The third-order valence-corrected chi connectivity index (χ3v) is 6.27. The fourth-order valence-electron chi connectivity index (χ4n) is 2.47. The van der Waals surface area contributed by atoms with Crippen LogP contribution in [0.15, 0.2) is 29.2 Å². The molecule has 0 bridgehead atoms. The summed E-state index contributed by atoms with van der Waals surface area (Å²) in [6, 6.07) is 6.04. The predicted octanol–water partition coefficient (Wildman–Crippen LogP) is 3.06. The topological polar surface area (TPSA) is 63.7 Å². The van der Waals surface area contributed by atoms with Crippen molar-refractivity contribution in [2.75, 3.05) is 6.61 Å². The van der Waals surface area contributed by atoms with Gasteiger partial charge in [0, 0.05) is 12.1 Å². The van der Waals surface area contributed by atoms with E-state index in [1.54, 1.807) is 11.2 Å². The minimum atomic E-state index is -3.56. The quantitative estimate of drug-likeness (QED) is 0.716. The lowest BCUT2D eigenvalue weighted by atomic mass is 10.1. The molecule has 0 unspecified atom stereocenters. The maximum absolute atomic E-state index is 13.0. The molecular weight excluding hydrogens is 314 g/mol. The van der Waals surface area contributed by atoms with Crippen molar-refractivity contribution >= 4 is 16.0 Å². The van der Waals surface area contributed by atoms with Crippen molar-refractivity contribution in [2.24, 2.45) is 5.92 Å². The molecule has 1 atom stereocenters. The summed E-state index contributed by atoms with van der Waals surface area (Å²) in [6.07, 6.45) is 1.83. The molecule has 0 radical (unpaired) electrons. The molecule has 0 aliphatic heterocycles. The summed E-state index contributed by atoms with van der Waals surface area (Å²) in [5.41, 5.74) is 0.362. The molecule has 0 spiro atoms. The van der Waals surface area contributed by atoms with E-state index in [1.165, 1.54) is 24.3 Å². The lowest BCUT2D eigenvalue weighted by Gasteiger charge is -2.31. The Balaban J connectivity index is 2.29. The Hall–Kier alpha value is -1.40. The molecule has 5 nitrogen and oxygen atoms in total. The highest BCUT2D eigenvalue weighted by atomic mass is 32.2. The van der Waals surface area contributed by atoms with Gasteiger partial charge >= 0.3 is 5.97 Å². The highest BCUT2D eigenvalue weighted by molar-refractivity contribution is 7.89. The summed E-state index contributed by atoms with van der Waals surface area (Å²) in [7, 11) is -3.56. The molecule has 0 saturated heterocycles. The van der Waals surface area contributed by atoms with E-state index in [2.05, 4.69) is 0 Å². The van der Waals surface area contributed by atoms with E-state index in [0.717, 1.165) is 12.8 Å². The van der Waals surface area contributed by atoms with Crippen LogP contribution in [0, 0.1) is 5.92 Å². The third kappa shape index (κ3) is 3.93. The van der Waals surface area contributed by atoms with Crippen LogP contribution in [0.4, 0.5) is 0 Å². The lowest BCUT2D eigenvalue weighted by Crippen LogP contribution is -2.42. The van der Waals surface area contributed by atoms with Crippen LogP contribution in [0.25, 0.3) is 0 Å². The zero-order valence-electron chi connectivity index (χ0n) is 14.2. The molecule has 1 saturated carbocycles. The Morgan fingerprint density at radius 3 is 2.22 bits per heavy atom. The Labute approximate surface area is 138 Å². The number of benzene rings is 1. The standard InChI is InChI=1S/C17H25NO4S/c1-5-22-17(19)14-6-10-16(11-7-14)23(20,21)18(15-8-9-15)13(4)12(2)3/h6-7,10-13,15H,5,8-9H2,1-4H3/t13-/m1/s1. The van der Waals surface area contributed by atoms with Crippen molar-refractivity contribution in [3.05, 3.63) is 29.8 Å². The summed E-state index contributed by atoms with van der Waals surface area (Å²) in [5, 5.41) is 0. The van der Waals surface area contributed by atoms with E-state index in [4.69, 9.17) is 4.74 Å². The van der Waals surface area contributed by atoms with Gasteiger partial charge in [0.05, 0.1) is 17.1 Å². The number of sulfonamides is 1. The monoisotopic (exact) mass is 339 g/mol. The summed E-state index contributed by atoms with van der Waals surface area (Å²) in [6.45, 7) is 8.03. The average molecular weight is 339 g/mol. The van der Waals surface area contributed by atoms with Gasteiger partial charge in [0.25, 0.3) is 0 Å². The van der Waals surface area contributed by atoms with Crippen LogP contribution >= 0.6 is 0 Å². The third-order valence-electron chi connectivity index (χ3n) is 4.21. The lowest BCUT2D eigenvalue weighted by molar-refractivity contribution is 0.0526. The molecule has 1 fully saturated rings. The van der Waals surface area contributed by atoms with E-state index in [-0.39, 0.29) is 22.9 Å². The normalized spacial score (nSPS) is 16.6. The summed E-state index contributed by atoms with van der Waals surface area (Å²) in [4.78, 5) is 11.9. The predicted molar refractivity (Wildman–Crippen MR) is 88.7 cm³/mol. The van der Waals surface area contributed by atoms with Crippen LogP contribution in [-0.4, -0.2) is 37.4 Å². The van der Waals surface area contributed by atoms with Gasteiger partial charge in [-0.3, -0.25) is 0 Å². The average Bonchev–Trinajstić information content (AvgIpc) is 3.32. The number of esters is 1. The molecule has 128 valence electrons. The molecule has 0 amide bonds. The second kappa shape index (κ2) is 7.01. The molecule has 1 aromatic carbocycles. The molecular formula is C17H25NO4S. The van der Waals surface area contributed by atoms with Crippen molar-refractivity contribution in [1.82, 2.24) is 4.31 Å². The number of rotatable bonds is 7. The molecule has 6 heteroatoms. The summed E-state index contributed by atoms with van der Waals surface area (Å²) >= 11 is 0. The first kappa shape index (κ1) is 17.9. The summed E-state index contributed by atoms with van der Waals surface area (Å²) < 4.78 is 32.5. The van der Waals surface area contributed by atoms with Gasteiger partial charge in [-0.05, 0) is 56.9 Å². The van der Waals surface area contributed by atoms with Crippen LogP contribution in [0.1, 0.15) is 50.9 Å². The highest BCUT2D eigenvalue weighted by Gasteiger charge is 2.41. The second-order valence-corrected chi connectivity index (χ2v) is 8.14. The van der Waals surface area contributed by atoms with Gasteiger partial charge in [-0.15, -0.1) is 0 Å².